The highest BCUT2D eigenvalue weighted by atomic mass is 16.5. The largest absolute Gasteiger partial charge is 0.396 e. The Hall–Kier alpha value is -1.43. The summed E-state index contributed by atoms with van der Waals surface area (Å²) in [5.41, 5.74) is 3.02. The first-order valence-corrected chi connectivity index (χ1v) is 9.13. The number of hydrogen-bond acceptors (Lipinski definition) is 4. The van der Waals surface area contributed by atoms with Gasteiger partial charge in [-0.2, -0.15) is 0 Å². The first-order chi connectivity index (χ1) is 11.9. The molecular formula is C20H32N2O3. The second kappa shape index (κ2) is 8.79. The minimum absolute atomic E-state index is 0.0150. The lowest BCUT2D eigenvalue weighted by molar-refractivity contribution is -0.117. The van der Waals surface area contributed by atoms with Crippen molar-refractivity contribution in [3.05, 3.63) is 29.3 Å². The molecule has 0 aromatic heterocycles. The predicted molar refractivity (Wildman–Crippen MR) is 101 cm³/mol. The van der Waals surface area contributed by atoms with Crippen LogP contribution in [0, 0.1) is 12.3 Å². The summed E-state index contributed by atoms with van der Waals surface area (Å²) in [6.07, 6.45) is 1.68. The predicted octanol–water partition coefficient (Wildman–Crippen LogP) is 2.78. The van der Waals surface area contributed by atoms with E-state index in [-0.39, 0.29) is 17.9 Å². The van der Waals surface area contributed by atoms with Gasteiger partial charge in [0, 0.05) is 30.9 Å². The van der Waals surface area contributed by atoms with Gasteiger partial charge in [0.2, 0.25) is 5.91 Å². The van der Waals surface area contributed by atoms with Gasteiger partial charge >= 0.3 is 0 Å². The van der Waals surface area contributed by atoms with Crippen molar-refractivity contribution in [3.63, 3.8) is 0 Å². The second-order valence-corrected chi connectivity index (χ2v) is 7.68. The van der Waals surface area contributed by atoms with Gasteiger partial charge in [-0.25, -0.2) is 0 Å². The van der Waals surface area contributed by atoms with Crippen LogP contribution in [0.3, 0.4) is 0 Å². The third-order valence-corrected chi connectivity index (χ3v) is 5.10. The highest BCUT2D eigenvalue weighted by Gasteiger charge is 2.33. The average Bonchev–Trinajstić information content (AvgIpc) is 2.57. The number of likely N-dealkylation sites (N-methyl/N-ethyl adjacent to an activating group) is 1. The zero-order valence-corrected chi connectivity index (χ0v) is 16.0. The van der Waals surface area contributed by atoms with Crippen LogP contribution < -0.4 is 5.32 Å². The van der Waals surface area contributed by atoms with Crippen LogP contribution >= 0.6 is 0 Å². The summed E-state index contributed by atoms with van der Waals surface area (Å²) in [4.78, 5) is 14.5. The number of anilines is 1. The molecule has 1 aliphatic rings. The van der Waals surface area contributed by atoms with Gasteiger partial charge in [0.25, 0.3) is 0 Å². The molecule has 1 aromatic carbocycles. The fourth-order valence-corrected chi connectivity index (χ4v) is 3.57. The molecule has 0 aliphatic carbocycles. The number of ether oxygens (including phenoxy) is 1. The third kappa shape index (κ3) is 5.27. The summed E-state index contributed by atoms with van der Waals surface area (Å²) in [5.74, 6) is 0.340. The fraction of sp³-hybridized carbons (Fsp3) is 0.650. The van der Waals surface area contributed by atoms with E-state index >= 15 is 0 Å². The van der Waals surface area contributed by atoms with Gasteiger partial charge in [0.05, 0.1) is 13.2 Å². The molecule has 5 nitrogen and oxygen atoms in total. The van der Waals surface area contributed by atoms with E-state index < -0.39 is 0 Å². The molecule has 1 saturated heterocycles. The number of nitrogens with zero attached hydrogens (tertiary/aromatic N) is 1. The van der Waals surface area contributed by atoms with Crippen LogP contribution in [0.15, 0.2) is 18.2 Å². The van der Waals surface area contributed by atoms with Crippen molar-refractivity contribution in [2.45, 2.75) is 39.5 Å². The van der Waals surface area contributed by atoms with Gasteiger partial charge in [-0.1, -0.05) is 32.0 Å². The van der Waals surface area contributed by atoms with Crippen LogP contribution in [0.2, 0.25) is 0 Å². The molecule has 0 unspecified atom stereocenters. The molecule has 1 aliphatic heterocycles. The van der Waals surface area contributed by atoms with Crippen molar-refractivity contribution in [2.75, 3.05) is 45.3 Å². The quantitative estimate of drug-likeness (QED) is 0.795. The molecule has 0 atom stereocenters. The summed E-state index contributed by atoms with van der Waals surface area (Å²) in [6.45, 7) is 8.80. The van der Waals surface area contributed by atoms with Gasteiger partial charge in [-0.15, -0.1) is 0 Å². The van der Waals surface area contributed by atoms with E-state index in [1.807, 2.05) is 31.0 Å². The van der Waals surface area contributed by atoms with E-state index in [2.05, 4.69) is 25.2 Å². The number of nitrogens with one attached hydrogen (secondary N) is 1. The summed E-state index contributed by atoms with van der Waals surface area (Å²) >= 11 is 0. The summed E-state index contributed by atoms with van der Waals surface area (Å²) in [5, 5.41) is 12.9. The van der Waals surface area contributed by atoms with Crippen molar-refractivity contribution < 1.29 is 14.6 Å². The SMILES string of the molecule is Cc1cccc(C(C)C)c1NC(=O)CN(C)CC1(CO)CCOCC1. The second-order valence-electron chi connectivity index (χ2n) is 7.68. The highest BCUT2D eigenvalue weighted by molar-refractivity contribution is 5.93. The first-order valence-electron chi connectivity index (χ1n) is 9.13. The first kappa shape index (κ1) is 19.9. The normalized spacial score (nSPS) is 17.1. The van der Waals surface area contributed by atoms with Gasteiger partial charge < -0.3 is 15.2 Å². The van der Waals surface area contributed by atoms with Crippen molar-refractivity contribution in [2.24, 2.45) is 5.41 Å². The van der Waals surface area contributed by atoms with E-state index in [9.17, 15) is 9.90 Å². The number of carbonyl (C=O) groups excluding carboxylic acids is 1. The zero-order valence-electron chi connectivity index (χ0n) is 16.0. The van der Waals surface area contributed by atoms with E-state index in [0.29, 0.717) is 32.2 Å². The number of aliphatic hydroxyl groups is 1. The number of rotatable bonds is 7. The maximum absolute atomic E-state index is 12.5. The number of para-hydroxylation sites is 1. The molecule has 140 valence electrons. The summed E-state index contributed by atoms with van der Waals surface area (Å²) in [7, 11) is 1.94. The van der Waals surface area contributed by atoms with Crippen LogP contribution in [0.25, 0.3) is 0 Å². The molecule has 25 heavy (non-hydrogen) atoms. The van der Waals surface area contributed by atoms with Crippen LogP contribution in [0.1, 0.15) is 43.7 Å². The van der Waals surface area contributed by atoms with Crippen molar-refractivity contribution in [1.82, 2.24) is 4.90 Å². The fourth-order valence-electron chi connectivity index (χ4n) is 3.57. The lowest BCUT2D eigenvalue weighted by Crippen LogP contribution is -2.44. The van der Waals surface area contributed by atoms with Gasteiger partial charge in [0.15, 0.2) is 0 Å². The van der Waals surface area contributed by atoms with E-state index in [0.717, 1.165) is 29.7 Å². The Kier molecular flexibility index (Phi) is 6.99. The Morgan fingerprint density at radius 3 is 2.64 bits per heavy atom. The molecular weight excluding hydrogens is 316 g/mol. The van der Waals surface area contributed by atoms with Gasteiger partial charge in [-0.05, 0) is 43.9 Å². The van der Waals surface area contributed by atoms with E-state index in [1.165, 1.54) is 0 Å². The number of aliphatic hydroxyl groups excluding tert-OH is 1. The lowest BCUT2D eigenvalue weighted by Gasteiger charge is -2.38. The molecule has 1 aromatic rings. The smallest absolute Gasteiger partial charge is 0.238 e. The molecule has 0 spiro atoms. The number of amides is 1. The molecule has 5 heteroatoms. The van der Waals surface area contributed by atoms with Crippen molar-refractivity contribution >= 4 is 11.6 Å². The molecule has 0 radical (unpaired) electrons. The number of benzene rings is 1. The maximum atomic E-state index is 12.5. The van der Waals surface area contributed by atoms with Crippen LogP contribution in [0.4, 0.5) is 5.69 Å². The standard InChI is InChI=1S/C20H32N2O3/c1-15(2)17-7-5-6-16(3)19(17)21-18(24)12-22(4)13-20(14-23)8-10-25-11-9-20/h5-7,15,23H,8-14H2,1-4H3,(H,21,24). The molecule has 1 amide bonds. The highest BCUT2D eigenvalue weighted by Crippen LogP contribution is 2.31. The van der Waals surface area contributed by atoms with Crippen LogP contribution in [-0.4, -0.2) is 55.9 Å². The Bertz CT molecular complexity index is 580. The van der Waals surface area contributed by atoms with Gasteiger partial charge in [0.1, 0.15) is 0 Å². The Morgan fingerprint density at radius 1 is 1.36 bits per heavy atom. The Labute approximate surface area is 151 Å². The lowest BCUT2D eigenvalue weighted by atomic mass is 9.80. The monoisotopic (exact) mass is 348 g/mol. The Balaban J connectivity index is 1.98. The number of hydrogen-bond donors (Lipinski definition) is 2. The minimum Gasteiger partial charge on any atom is -0.396 e. The summed E-state index contributed by atoms with van der Waals surface area (Å²) in [6, 6.07) is 6.12. The molecule has 2 rings (SSSR count). The molecule has 2 N–H and O–H groups in total. The van der Waals surface area contributed by atoms with E-state index in [4.69, 9.17) is 4.74 Å². The molecule has 1 heterocycles. The number of aryl methyl sites for hydroxylation is 1. The van der Waals surface area contributed by atoms with Crippen LogP contribution in [-0.2, 0) is 9.53 Å². The maximum Gasteiger partial charge on any atom is 0.238 e. The van der Waals surface area contributed by atoms with Gasteiger partial charge in [-0.3, -0.25) is 9.69 Å². The van der Waals surface area contributed by atoms with E-state index in [1.54, 1.807) is 0 Å². The average molecular weight is 348 g/mol. The van der Waals surface area contributed by atoms with Crippen molar-refractivity contribution in [3.8, 4) is 0 Å². The van der Waals surface area contributed by atoms with Crippen LogP contribution in [0.5, 0.6) is 0 Å². The topological polar surface area (TPSA) is 61.8 Å². The molecule has 1 fully saturated rings. The molecule has 0 saturated carbocycles. The Morgan fingerprint density at radius 2 is 2.04 bits per heavy atom. The van der Waals surface area contributed by atoms with Crippen molar-refractivity contribution in [1.29, 1.82) is 0 Å². The number of carbonyl (C=O) groups is 1. The summed E-state index contributed by atoms with van der Waals surface area (Å²) < 4.78 is 5.41. The molecule has 0 bridgehead atoms. The zero-order chi connectivity index (χ0) is 18.4. The third-order valence-electron chi connectivity index (χ3n) is 5.10. The minimum atomic E-state index is -0.154.